The van der Waals surface area contributed by atoms with Crippen molar-refractivity contribution in [2.45, 2.75) is 50.5 Å². The second kappa shape index (κ2) is 8.24. The minimum absolute atomic E-state index is 0.119. The molecule has 2 aromatic rings. The van der Waals surface area contributed by atoms with Gasteiger partial charge in [0, 0.05) is 37.2 Å². The zero-order valence-electron chi connectivity index (χ0n) is 17.3. The van der Waals surface area contributed by atoms with E-state index in [2.05, 4.69) is 40.2 Å². The number of rotatable bonds is 5. The van der Waals surface area contributed by atoms with Crippen molar-refractivity contribution in [2.75, 3.05) is 6.54 Å². The Morgan fingerprint density at radius 1 is 1.00 bits per heavy atom. The van der Waals surface area contributed by atoms with Crippen LogP contribution in [0.1, 0.15) is 52.4 Å². The fourth-order valence-corrected chi connectivity index (χ4v) is 5.01. The van der Waals surface area contributed by atoms with Gasteiger partial charge in [0.25, 0.3) is 5.91 Å². The summed E-state index contributed by atoms with van der Waals surface area (Å²) in [7, 11) is 0. The summed E-state index contributed by atoms with van der Waals surface area (Å²) < 4.78 is 0. The average Bonchev–Trinajstić information content (AvgIpc) is 3.38. The molecule has 0 aliphatic carbocycles. The van der Waals surface area contributed by atoms with Gasteiger partial charge < -0.3 is 15.5 Å². The van der Waals surface area contributed by atoms with Gasteiger partial charge in [-0.15, -0.1) is 0 Å². The van der Waals surface area contributed by atoms with E-state index in [1.54, 1.807) is 4.90 Å². The van der Waals surface area contributed by atoms with Crippen LogP contribution in [-0.4, -0.2) is 41.2 Å². The molecule has 0 aromatic heterocycles. The van der Waals surface area contributed by atoms with Gasteiger partial charge in [0.1, 0.15) is 6.04 Å². The van der Waals surface area contributed by atoms with Crippen molar-refractivity contribution in [1.29, 1.82) is 0 Å². The third-order valence-corrected chi connectivity index (χ3v) is 6.57. The maximum absolute atomic E-state index is 13.2. The van der Waals surface area contributed by atoms with Gasteiger partial charge in [-0.05, 0) is 36.1 Å². The van der Waals surface area contributed by atoms with Gasteiger partial charge in [0.2, 0.25) is 11.8 Å². The Morgan fingerprint density at radius 3 is 2.65 bits per heavy atom. The molecule has 1 unspecified atom stereocenters. The summed E-state index contributed by atoms with van der Waals surface area (Å²) in [6.45, 7) is 1.95. The molecule has 3 aliphatic heterocycles. The predicted octanol–water partition coefficient (Wildman–Crippen LogP) is 1.64. The molecule has 3 atom stereocenters. The summed E-state index contributed by atoms with van der Waals surface area (Å²) in [6, 6.07) is 16.3. The van der Waals surface area contributed by atoms with Crippen LogP contribution in [0.15, 0.2) is 48.5 Å². The number of hydrogen-bond donors (Lipinski definition) is 3. The Labute approximate surface area is 181 Å². The lowest BCUT2D eigenvalue weighted by molar-refractivity contribution is -0.136. The van der Waals surface area contributed by atoms with Gasteiger partial charge in [-0.2, -0.15) is 0 Å². The van der Waals surface area contributed by atoms with Crippen molar-refractivity contribution in [1.82, 2.24) is 20.9 Å². The average molecular weight is 418 g/mol. The molecule has 3 amide bonds. The van der Waals surface area contributed by atoms with E-state index in [1.165, 1.54) is 5.56 Å². The maximum atomic E-state index is 13.2. The Balaban J connectivity index is 1.31. The van der Waals surface area contributed by atoms with E-state index < -0.39 is 6.04 Å². The second-order valence-corrected chi connectivity index (χ2v) is 8.47. The number of fused-ring (bicyclic) bond motifs is 1. The highest BCUT2D eigenvalue weighted by Gasteiger charge is 2.40. The fourth-order valence-electron chi connectivity index (χ4n) is 5.01. The molecule has 0 radical (unpaired) electrons. The van der Waals surface area contributed by atoms with Crippen molar-refractivity contribution >= 4 is 17.7 Å². The smallest absolute Gasteiger partial charge is 0.255 e. The number of carbonyl (C=O) groups excluding carboxylic acids is 3. The van der Waals surface area contributed by atoms with Gasteiger partial charge in [0.05, 0.1) is 0 Å². The van der Waals surface area contributed by atoms with Crippen molar-refractivity contribution < 1.29 is 14.4 Å². The largest absolute Gasteiger partial charge is 0.322 e. The third kappa shape index (κ3) is 3.75. The first-order valence-electron chi connectivity index (χ1n) is 10.9. The molecule has 2 aromatic carbocycles. The highest BCUT2D eigenvalue weighted by Crippen LogP contribution is 2.30. The molecule has 31 heavy (non-hydrogen) atoms. The lowest BCUT2D eigenvalue weighted by atomic mass is 9.99. The van der Waals surface area contributed by atoms with E-state index in [1.807, 2.05) is 24.3 Å². The van der Waals surface area contributed by atoms with Gasteiger partial charge in [-0.25, -0.2) is 0 Å². The van der Waals surface area contributed by atoms with Crippen molar-refractivity contribution in [2.24, 2.45) is 0 Å². The van der Waals surface area contributed by atoms with E-state index in [0.717, 1.165) is 24.1 Å². The summed E-state index contributed by atoms with van der Waals surface area (Å²) in [5.41, 5.74) is 3.85. The topological polar surface area (TPSA) is 90.5 Å². The Morgan fingerprint density at radius 2 is 1.84 bits per heavy atom. The molecule has 160 valence electrons. The predicted molar refractivity (Wildman–Crippen MR) is 115 cm³/mol. The molecular formula is C24H26N4O3. The summed E-state index contributed by atoms with van der Waals surface area (Å²) >= 11 is 0. The molecule has 0 saturated carbocycles. The SMILES string of the molecule is O=C1CCC(N2Cc3cccc(CN[C@@H]4CCN[C@H]4c4ccccc4)c3C2=O)C(=O)N1. The van der Waals surface area contributed by atoms with Crippen molar-refractivity contribution in [3.63, 3.8) is 0 Å². The molecule has 0 spiro atoms. The number of piperidine rings is 1. The summed E-state index contributed by atoms with van der Waals surface area (Å²) in [6.07, 6.45) is 1.66. The highest BCUT2D eigenvalue weighted by atomic mass is 16.2. The molecule has 5 rings (SSSR count). The van der Waals surface area contributed by atoms with E-state index in [-0.39, 0.29) is 36.2 Å². The number of nitrogens with one attached hydrogen (secondary N) is 3. The van der Waals surface area contributed by atoms with Crippen molar-refractivity contribution in [3.05, 3.63) is 70.8 Å². The normalized spacial score (nSPS) is 25.6. The Hall–Kier alpha value is -3.03. The summed E-state index contributed by atoms with van der Waals surface area (Å²) in [4.78, 5) is 38.6. The number of carbonyl (C=O) groups is 3. The van der Waals surface area contributed by atoms with Gasteiger partial charge in [-0.3, -0.25) is 19.7 Å². The highest BCUT2D eigenvalue weighted by molar-refractivity contribution is 6.05. The van der Waals surface area contributed by atoms with Crippen LogP contribution in [0.3, 0.4) is 0 Å². The summed E-state index contributed by atoms with van der Waals surface area (Å²) in [5.74, 6) is -0.765. The first-order chi connectivity index (χ1) is 15.1. The molecule has 7 heteroatoms. The van der Waals surface area contributed by atoms with Crippen LogP contribution < -0.4 is 16.0 Å². The molecule has 3 N–H and O–H groups in total. The number of nitrogens with zero attached hydrogens (tertiary/aromatic N) is 1. The van der Waals surface area contributed by atoms with Crippen LogP contribution in [0.4, 0.5) is 0 Å². The van der Waals surface area contributed by atoms with Crippen LogP contribution in [0, 0.1) is 0 Å². The van der Waals surface area contributed by atoms with E-state index >= 15 is 0 Å². The van der Waals surface area contributed by atoms with Gasteiger partial charge in [-0.1, -0.05) is 48.5 Å². The minimum atomic E-state index is -0.583. The number of hydrogen-bond acceptors (Lipinski definition) is 5. The van der Waals surface area contributed by atoms with Crippen molar-refractivity contribution in [3.8, 4) is 0 Å². The standard InChI is InChI=1S/C24H26N4O3/c29-20-10-9-19(23(30)27-20)28-14-17-8-4-7-16(21(17)24(28)31)13-26-18-11-12-25-22(18)15-5-2-1-3-6-15/h1-8,18-19,22,25-26H,9-14H2,(H,27,29,30)/t18-,19?,22+/m1/s1. The number of benzene rings is 2. The maximum Gasteiger partial charge on any atom is 0.255 e. The van der Waals surface area contributed by atoms with Crippen LogP contribution >= 0.6 is 0 Å². The molecule has 2 saturated heterocycles. The fraction of sp³-hybridized carbons (Fsp3) is 0.375. The second-order valence-electron chi connectivity index (χ2n) is 8.47. The van der Waals surface area contributed by atoms with E-state index in [9.17, 15) is 14.4 Å². The van der Waals surface area contributed by atoms with Gasteiger partial charge >= 0.3 is 0 Å². The molecule has 3 aliphatic rings. The zero-order valence-corrected chi connectivity index (χ0v) is 17.3. The monoisotopic (exact) mass is 418 g/mol. The minimum Gasteiger partial charge on any atom is -0.322 e. The quantitative estimate of drug-likeness (QED) is 0.643. The van der Waals surface area contributed by atoms with Crippen LogP contribution in [0.5, 0.6) is 0 Å². The Kier molecular flexibility index (Phi) is 5.29. The van der Waals surface area contributed by atoms with Gasteiger partial charge in [0.15, 0.2) is 0 Å². The van der Waals surface area contributed by atoms with Crippen LogP contribution in [-0.2, 0) is 22.7 Å². The third-order valence-electron chi connectivity index (χ3n) is 6.57. The molecule has 2 fully saturated rings. The van der Waals surface area contributed by atoms with E-state index in [0.29, 0.717) is 25.1 Å². The molecule has 3 heterocycles. The first-order valence-corrected chi connectivity index (χ1v) is 10.9. The lowest BCUT2D eigenvalue weighted by Gasteiger charge is -2.29. The number of amides is 3. The van der Waals surface area contributed by atoms with Crippen LogP contribution in [0.25, 0.3) is 0 Å². The van der Waals surface area contributed by atoms with E-state index in [4.69, 9.17) is 0 Å². The zero-order chi connectivity index (χ0) is 21.4. The first kappa shape index (κ1) is 19.9. The molecule has 0 bridgehead atoms. The molecular weight excluding hydrogens is 392 g/mol. The van der Waals surface area contributed by atoms with Crippen LogP contribution in [0.2, 0.25) is 0 Å². The Bertz CT molecular complexity index is 1020. The summed E-state index contributed by atoms with van der Waals surface area (Å²) in [5, 5.41) is 9.58. The molecule has 7 nitrogen and oxygen atoms in total. The lowest BCUT2D eigenvalue weighted by Crippen LogP contribution is -2.52. The number of imide groups is 1.